The summed E-state index contributed by atoms with van der Waals surface area (Å²) in [6, 6.07) is 16.6. The number of hydrogen-bond acceptors (Lipinski definition) is 7. The van der Waals surface area contributed by atoms with Gasteiger partial charge in [-0.1, -0.05) is 41.4 Å². The summed E-state index contributed by atoms with van der Waals surface area (Å²) in [5.74, 6) is -0.334. The lowest BCUT2D eigenvalue weighted by atomic mass is 10.0. The third-order valence-corrected chi connectivity index (χ3v) is 5.01. The summed E-state index contributed by atoms with van der Waals surface area (Å²) in [6.45, 7) is 0.389. The molecule has 148 valence electrons. The summed E-state index contributed by atoms with van der Waals surface area (Å²) in [7, 11) is 0. The summed E-state index contributed by atoms with van der Waals surface area (Å²) in [4.78, 5) is 8.38. The maximum absolute atomic E-state index is 6.52. The highest BCUT2D eigenvalue weighted by Gasteiger charge is 2.32. The Labute approximate surface area is 177 Å². The van der Waals surface area contributed by atoms with E-state index in [0.29, 0.717) is 27.8 Å². The van der Waals surface area contributed by atoms with E-state index in [-0.39, 0.29) is 5.96 Å². The molecule has 9 heteroatoms. The molecule has 1 aliphatic heterocycles. The highest BCUT2D eigenvalue weighted by atomic mass is 35.5. The van der Waals surface area contributed by atoms with E-state index in [0.717, 1.165) is 17.0 Å². The number of ether oxygens (including phenoxy) is 1. The third-order valence-electron chi connectivity index (χ3n) is 4.42. The monoisotopic (exact) mass is 428 g/mol. The Bertz CT molecular complexity index is 1040. The standard InChI is InChI=1S/C20H18Cl2N6O/c21-16-9-13(20(24)26-19(23)27-28-20)10-17(22)18(16)12-4-6-15(7-5-12)29-11-14-3-1-2-8-25-14/h1-10,28H,11,24H2,(H3,23,26,27). The van der Waals surface area contributed by atoms with Gasteiger partial charge in [0, 0.05) is 17.3 Å². The van der Waals surface area contributed by atoms with E-state index in [4.69, 9.17) is 39.4 Å². The number of pyridine rings is 1. The SMILES string of the molecule is NC1=NC(N)(c2cc(Cl)c(-c3ccc(OCc4ccccn4)cc3)c(Cl)c2)NN1. The number of hydrogen-bond donors (Lipinski definition) is 4. The molecule has 2 aromatic carbocycles. The largest absolute Gasteiger partial charge is 0.487 e. The number of benzene rings is 2. The van der Waals surface area contributed by atoms with Gasteiger partial charge in [0.05, 0.1) is 15.7 Å². The molecule has 0 fully saturated rings. The van der Waals surface area contributed by atoms with Crippen LogP contribution in [0.2, 0.25) is 10.0 Å². The van der Waals surface area contributed by atoms with Crippen LogP contribution in [0.3, 0.4) is 0 Å². The van der Waals surface area contributed by atoms with Crippen molar-refractivity contribution in [3.8, 4) is 16.9 Å². The van der Waals surface area contributed by atoms with Crippen LogP contribution in [-0.4, -0.2) is 10.9 Å². The smallest absolute Gasteiger partial charge is 0.209 e. The first-order valence-electron chi connectivity index (χ1n) is 8.75. The maximum atomic E-state index is 6.52. The fraction of sp³-hybridized carbons (Fsp3) is 0.100. The van der Waals surface area contributed by atoms with Gasteiger partial charge < -0.3 is 10.5 Å². The second-order valence-corrected chi connectivity index (χ2v) is 7.28. The molecule has 0 saturated carbocycles. The first kappa shape index (κ1) is 19.5. The number of hydrazine groups is 1. The third kappa shape index (κ3) is 4.13. The molecule has 3 aromatic rings. The molecule has 4 rings (SSSR count). The Kier molecular flexibility index (Phi) is 5.29. The first-order valence-corrected chi connectivity index (χ1v) is 9.50. The van der Waals surface area contributed by atoms with Crippen molar-refractivity contribution < 1.29 is 4.74 Å². The van der Waals surface area contributed by atoms with Gasteiger partial charge in [-0.15, -0.1) is 0 Å². The number of aliphatic imine (C=N–C) groups is 1. The fourth-order valence-electron chi connectivity index (χ4n) is 2.97. The van der Waals surface area contributed by atoms with Gasteiger partial charge in [0.15, 0.2) is 0 Å². The molecule has 0 saturated heterocycles. The van der Waals surface area contributed by atoms with Crippen LogP contribution in [0.5, 0.6) is 5.75 Å². The Morgan fingerprint density at radius 2 is 1.76 bits per heavy atom. The Balaban J connectivity index is 1.55. The molecule has 6 N–H and O–H groups in total. The topological polar surface area (TPSA) is 111 Å². The molecule has 0 spiro atoms. The quantitative estimate of drug-likeness (QED) is 0.496. The van der Waals surface area contributed by atoms with Crippen LogP contribution in [0.4, 0.5) is 0 Å². The minimum atomic E-state index is -1.24. The second kappa shape index (κ2) is 7.88. The van der Waals surface area contributed by atoms with Crippen molar-refractivity contribution in [1.29, 1.82) is 0 Å². The van der Waals surface area contributed by atoms with Crippen molar-refractivity contribution in [2.24, 2.45) is 16.5 Å². The second-order valence-electron chi connectivity index (χ2n) is 6.46. The first-order chi connectivity index (χ1) is 13.9. The summed E-state index contributed by atoms with van der Waals surface area (Å²) in [6.07, 6.45) is 1.73. The van der Waals surface area contributed by atoms with Crippen molar-refractivity contribution in [3.05, 3.63) is 82.1 Å². The van der Waals surface area contributed by atoms with E-state index in [9.17, 15) is 0 Å². The maximum Gasteiger partial charge on any atom is 0.209 e. The zero-order chi connectivity index (χ0) is 20.4. The van der Waals surface area contributed by atoms with Crippen molar-refractivity contribution in [2.75, 3.05) is 0 Å². The lowest BCUT2D eigenvalue weighted by Gasteiger charge is -2.22. The van der Waals surface area contributed by atoms with Crippen LogP contribution < -0.4 is 27.1 Å². The van der Waals surface area contributed by atoms with Crippen LogP contribution >= 0.6 is 23.2 Å². The molecule has 1 aliphatic rings. The molecule has 29 heavy (non-hydrogen) atoms. The minimum absolute atomic E-state index is 0.185. The molecular weight excluding hydrogens is 411 g/mol. The number of guanidine groups is 1. The number of nitrogens with one attached hydrogen (secondary N) is 2. The summed E-state index contributed by atoms with van der Waals surface area (Å²) in [5.41, 5.74) is 20.3. The van der Waals surface area contributed by atoms with Gasteiger partial charge in [0.1, 0.15) is 12.4 Å². The molecular formula is C20H18Cl2N6O. The number of nitrogens with two attached hydrogens (primary N) is 2. The van der Waals surface area contributed by atoms with Crippen molar-refractivity contribution >= 4 is 29.2 Å². The molecule has 0 aliphatic carbocycles. The van der Waals surface area contributed by atoms with Crippen LogP contribution in [-0.2, 0) is 12.4 Å². The molecule has 0 bridgehead atoms. The van der Waals surface area contributed by atoms with Gasteiger partial charge in [0.25, 0.3) is 0 Å². The number of rotatable bonds is 5. The van der Waals surface area contributed by atoms with Crippen molar-refractivity contribution in [2.45, 2.75) is 12.4 Å². The zero-order valence-electron chi connectivity index (χ0n) is 15.2. The van der Waals surface area contributed by atoms with Crippen LogP contribution in [0.1, 0.15) is 11.3 Å². The zero-order valence-corrected chi connectivity index (χ0v) is 16.7. The fourth-order valence-corrected chi connectivity index (χ4v) is 3.67. The molecule has 0 amide bonds. The summed E-state index contributed by atoms with van der Waals surface area (Å²) >= 11 is 13.0. The van der Waals surface area contributed by atoms with Crippen molar-refractivity contribution in [3.63, 3.8) is 0 Å². The van der Waals surface area contributed by atoms with Gasteiger partial charge >= 0.3 is 0 Å². The van der Waals surface area contributed by atoms with Gasteiger partial charge in [-0.05, 0) is 42.0 Å². The predicted molar refractivity (Wildman–Crippen MR) is 114 cm³/mol. The average Bonchev–Trinajstić information content (AvgIpc) is 3.07. The summed E-state index contributed by atoms with van der Waals surface area (Å²) in [5, 5.41) is 0.893. The van der Waals surface area contributed by atoms with E-state index in [1.807, 2.05) is 42.5 Å². The van der Waals surface area contributed by atoms with Crippen LogP contribution in [0.25, 0.3) is 11.1 Å². The molecule has 1 atom stereocenters. The highest BCUT2D eigenvalue weighted by molar-refractivity contribution is 6.39. The Morgan fingerprint density at radius 3 is 2.34 bits per heavy atom. The van der Waals surface area contributed by atoms with Crippen LogP contribution in [0.15, 0.2) is 65.8 Å². The van der Waals surface area contributed by atoms with E-state index >= 15 is 0 Å². The molecule has 1 aromatic heterocycles. The number of nitrogens with zero attached hydrogens (tertiary/aromatic N) is 2. The van der Waals surface area contributed by atoms with E-state index in [1.54, 1.807) is 18.3 Å². The number of halogens is 2. The van der Waals surface area contributed by atoms with Gasteiger partial charge in [0.2, 0.25) is 11.7 Å². The van der Waals surface area contributed by atoms with Gasteiger partial charge in [-0.2, -0.15) is 5.43 Å². The predicted octanol–water partition coefficient (Wildman–Crippen LogP) is 3.13. The van der Waals surface area contributed by atoms with E-state index in [1.165, 1.54) is 0 Å². The highest BCUT2D eigenvalue weighted by Crippen LogP contribution is 2.38. The minimum Gasteiger partial charge on any atom is -0.487 e. The Morgan fingerprint density at radius 1 is 1.03 bits per heavy atom. The molecule has 7 nitrogen and oxygen atoms in total. The number of aromatic nitrogens is 1. The normalized spacial score (nSPS) is 18.2. The molecule has 0 radical (unpaired) electrons. The molecule has 1 unspecified atom stereocenters. The van der Waals surface area contributed by atoms with Crippen molar-refractivity contribution in [1.82, 2.24) is 15.8 Å². The lowest BCUT2D eigenvalue weighted by molar-refractivity contribution is 0.301. The lowest BCUT2D eigenvalue weighted by Crippen LogP contribution is -2.50. The van der Waals surface area contributed by atoms with Crippen LogP contribution in [0, 0.1) is 0 Å². The van der Waals surface area contributed by atoms with E-state index < -0.39 is 5.79 Å². The summed E-state index contributed by atoms with van der Waals surface area (Å²) < 4.78 is 5.77. The van der Waals surface area contributed by atoms with E-state index in [2.05, 4.69) is 20.8 Å². The Hall–Kier alpha value is -2.84. The van der Waals surface area contributed by atoms with Gasteiger partial charge in [-0.25, -0.2) is 4.99 Å². The average molecular weight is 429 g/mol. The molecule has 2 heterocycles. The van der Waals surface area contributed by atoms with Gasteiger partial charge in [-0.3, -0.25) is 16.1 Å².